The lowest BCUT2D eigenvalue weighted by Gasteiger charge is -2.38. The summed E-state index contributed by atoms with van der Waals surface area (Å²) in [6, 6.07) is 0.144. The van der Waals surface area contributed by atoms with Gasteiger partial charge in [0.05, 0.1) is 6.10 Å². The molecular formula is C11H22N2O2. The molecule has 1 aliphatic heterocycles. The summed E-state index contributed by atoms with van der Waals surface area (Å²) in [6.07, 6.45) is 1.92. The molecule has 2 unspecified atom stereocenters. The second-order valence-electron chi connectivity index (χ2n) is 4.55. The number of carbonyl (C=O) groups is 1. The first kappa shape index (κ1) is 12.3. The van der Waals surface area contributed by atoms with Crippen molar-refractivity contribution in [3.05, 3.63) is 0 Å². The molecule has 0 aromatic carbocycles. The molecule has 88 valence electrons. The number of hydrogen-bond donors (Lipinski definition) is 1. The smallest absolute Gasteiger partial charge is 0.410 e. The fraction of sp³-hybridized carbons (Fsp3) is 0.909. The van der Waals surface area contributed by atoms with Crippen molar-refractivity contribution in [2.75, 3.05) is 13.1 Å². The van der Waals surface area contributed by atoms with Crippen molar-refractivity contribution in [3.63, 3.8) is 0 Å². The van der Waals surface area contributed by atoms with Crippen molar-refractivity contribution < 1.29 is 9.53 Å². The van der Waals surface area contributed by atoms with Crippen LogP contribution in [0.4, 0.5) is 4.79 Å². The number of hydrogen-bond acceptors (Lipinski definition) is 3. The van der Waals surface area contributed by atoms with Crippen LogP contribution in [-0.2, 0) is 4.74 Å². The topological polar surface area (TPSA) is 55.6 Å². The first-order valence-corrected chi connectivity index (χ1v) is 5.73. The summed E-state index contributed by atoms with van der Waals surface area (Å²) < 4.78 is 5.20. The van der Waals surface area contributed by atoms with Crippen LogP contribution in [0.2, 0.25) is 0 Å². The van der Waals surface area contributed by atoms with Crippen molar-refractivity contribution in [3.8, 4) is 0 Å². The van der Waals surface area contributed by atoms with Gasteiger partial charge in [-0.15, -0.1) is 0 Å². The lowest BCUT2D eigenvalue weighted by molar-refractivity contribution is 0.0415. The van der Waals surface area contributed by atoms with Gasteiger partial charge in [0, 0.05) is 19.1 Å². The van der Waals surface area contributed by atoms with E-state index in [1.165, 1.54) is 0 Å². The molecule has 1 fully saturated rings. The quantitative estimate of drug-likeness (QED) is 0.759. The normalized spacial score (nSPS) is 26.9. The summed E-state index contributed by atoms with van der Waals surface area (Å²) in [5.74, 6) is 0.475. The number of carbonyl (C=O) groups excluding carboxylic acids is 1. The Balaban J connectivity index is 2.61. The third-order valence-electron chi connectivity index (χ3n) is 2.93. The number of rotatable bonds is 2. The molecule has 0 aliphatic carbocycles. The van der Waals surface area contributed by atoms with Crippen molar-refractivity contribution in [2.24, 2.45) is 11.7 Å². The monoisotopic (exact) mass is 214 g/mol. The van der Waals surface area contributed by atoms with Gasteiger partial charge in [-0.3, -0.25) is 0 Å². The minimum absolute atomic E-state index is 0.0619. The largest absolute Gasteiger partial charge is 0.447 e. The van der Waals surface area contributed by atoms with E-state index in [0.717, 1.165) is 19.4 Å². The Morgan fingerprint density at radius 1 is 1.60 bits per heavy atom. The van der Waals surface area contributed by atoms with E-state index in [0.29, 0.717) is 12.5 Å². The third-order valence-corrected chi connectivity index (χ3v) is 2.93. The number of piperidine rings is 1. The van der Waals surface area contributed by atoms with E-state index in [4.69, 9.17) is 10.5 Å². The fourth-order valence-electron chi connectivity index (χ4n) is 2.10. The number of nitrogens with two attached hydrogens (primary N) is 1. The molecule has 1 rings (SSSR count). The molecule has 0 spiro atoms. The zero-order valence-corrected chi connectivity index (χ0v) is 9.90. The number of ether oxygens (including phenoxy) is 1. The summed E-state index contributed by atoms with van der Waals surface area (Å²) in [6.45, 7) is 7.17. The molecule has 4 heteroatoms. The highest BCUT2D eigenvalue weighted by Gasteiger charge is 2.31. The van der Waals surface area contributed by atoms with Crippen molar-refractivity contribution in [1.82, 2.24) is 4.90 Å². The predicted octanol–water partition coefficient (Wildman–Crippen LogP) is 1.59. The van der Waals surface area contributed by atoms with E-state index in [1.807, 2.05) is 13.8 Å². The summed E-state index contributed by atoms with van der Waals surface area (Å²) >= 11 is 0. The van der Waals surface area contributed by atoms with E-state index >= 15 is 0 Å². The van der Waals surface area contributed by atoms with Crippen LogP contribution in [0, 0.1) is 5.92 Å². The molecule has 0 bridgehead atoms. The van der Waals surface area contributed by atoms with E-state index in [-0.39, 0.29) is 18.2 Å². The molecule has 1 saturated heterocycles. The molecule has 0 aromatic rings. The van der Waals surface area contributed by atoms with Gasteiger partial charge in [-0.25, -0.2) is 4.79 Å². The second-order valence-corrected chi connectivity index (χ2v) is 4.55. The van der Waals surface area contributed by atoms with E-state index in [9.17, 15) is 4.79 Å². The van der Waals surface area contributed by atoms with Crippen LogP contribution in [0.25, 0.3) is 0 Å². The minimum Gasteiger partial charge on any atom is -0.447 e. The van der Waals surface area contributed by atoms with Crippen molar-refractivity contribution in [1.29, 1.82) is 0 Å². The lowest BCUT2D eigenvalue weighted by atomic mass is 9.91. The molecule has 2 N–H and O–H groups in total. The third kappa shape index (κ3) is 3.09. The number of likely N-dealkylation sites (tertiary alicyclic amines) is 1. The van der Waals surface area contributed by atoms with Crippen molar-refractivity contribution in [2.45, 2.75) is 45.8 Å². The van der Waals surface area contributed by atoms with Crippen LogP contribution in [0.5, 0.6) is 0 Å². The summed E-state index contributed by atoms with van der Waals surface area (Å²) in [7, 11) is 0. The van der Waals surface area contributed by atoms with Crippen LogP contribution in [0.15, 0.2) is 0 Å². The Morgan fingerprint density at radius 3 is 2.80 bits per heavy atom. The van der Waals surface area contributed by atoms with Gasteiger partial charge in [-0.1, -0.05) is 6.92 Å². The molecule has 2 atom stereocenters. The summed E-state index contributed by atoms with van der Waals surface area (Å²) in [5.41, 5.74) is 5.70. The lowest BCUT2D eigenvalue weighted by Crippen LogP contribution is -2.51. The molecule has 0 aromatic heterocycles. The Labute approximate surface area is 91.8 Å². The van der Waals surface area contributed by atoms with Crippen LogP contribution in [0.1, 0.15) is 33.6 Å². The highest BCUT2D eigenvalue weighted by atomic mass is 16.6. The zero-order valence-electron chi connectivity index (χ0n) is 9.90. The van der Waals surface area contributed by atoms with Crippen LogP contribution < -0.4 is 5.73 Å². The minimum atomic E-state index is -0.216. The molecule has 1 heterocycles. The zero-order chi connectivity index (χ0) is 11.4. The van der Waals surface area contributed by atoms with Crippen LogP contribution in [-0.4, -0.2) is 36.2 Å². The summed E-state index contributed by atoms with van der Waals surface area (Å²) in [4.78, 5) is 13.6. The average Bonchev–Trinajstić information content (AvgIpc) is 2.16. The van der Waals surface area contributed by atoms with Crippen molar-refractivity contribution >= 4 is 6.09 Å². The molecular weight excluding hydrogens is 192 g/mol. The Kier molecular flexibility index (Phi) is 4.39. The second kappa shape index (κ2) is 5.35. The molecule has 4 nitrogen and oxygen atoms in total. The standard InChI is InChI=1S/C11H22N2O2/c1-8(2)15-11(14)13-6-4-5-9(3)10(13)7-12/h8-10H,4-7,12H2,1-3H3. The maximum absolute atomic E-state index is 11.8. The SMILES string of the molecule is CC(C)OC(=O)N1CCCC(C)C1CN. The van der Waals surface area contributed by atoms with E-state index in [1.54, 1.807) is 4.90 Å². The first-order valence-electron chi connectivity index (χ1n) is 5.73. The van der Waals surface area contributed by atoms with Gasteiger partial charge < -0.3 is 15.4 Å². The number of nitrogens with zero attached hydrogens (tertiary/aromatic N) is 1. The van der Waals surface area contributed by atoms with Gasteiger partial charge in [-0.05, 0) is 32.6 Å². The fourth-order valence-corrected chi connectivity index (χ4v) is 2.10. The first-order chi connectivity index (χ1) is 7.06. The highest BCUT2D eigenvalue weighted by Crippen LogP contribution is 2.23. The van der Waals surface area contributed by atoms with E-state index < -0.39 is 0 Å². The predicted molar refractivity (Wildman–Crippen MR) is 59.6 cm³/mol. The van der Waals surface area contributed by atoms with Gasteiger partial charge in [0.15, 0.2) is 0 Å². The molecule has 0 radical (unpaired) electrons. The Hall–Kier alpha value is -0.770. The van der Waals surface area contributed by atoms with Gasteiger partial charge >= 0.3 is 6.09 Å². The van der Waals surface area contributed by atoms with E-state index in [2.05, 4.69) is 6.92 Å². The van der Waals surface area contributed by atoms with Gasteiger partial charge in [-0.2, -0.15) is 0 Å². The van der Waals surface area contributed by atoms with Gasteiger partial charge in [0.25, 0.3) is 0 Å². The van der Waals surface area contributed by atoms with Gasteiger partial charge in [0.1, 0.15) is 0 Å². The highest BCUT2D eigenvalue weighted by molar-refractivity contribution is 5.68. The maximum Gasteiger partial charge on any atom is 0.410 e. The Bertz CT molecular complexity index is 219. The van der Waals surface area contributed by atoms with Crippen LogP contribution in [0.3, 0.4) is 0 Å². The Morgan fingerprint density at radius 2 is 2.27 bits per heavy atom. The molecule has 0 saturated carbocycles. The number of amides is 1. The molecule has 15 heavy (non-hydrogen) atoms. The van der Waals surface area contributed by atoms with Gasteiger partial charge in [0.2, 0.25) is 0 Å². The molecule has 1 amide bonds. The summed E-state index contributed by atoms with van der Waals surface area (Å²) in [5, 5.41) is 0. The maximum atomic E-state index is 11.8. The van der Waals surface area contributed by atoms with Crippen LogP contribution >= 0.6 is 0 Å². The molecule has 1 aliphatic rings. The average molecular weight is 214 g/mol.